The molecular formula is C13H27NO4S. The molecule has 0 saturated heterocycles. The van der Waals surface area contributed by atoms with E-state index in [0.717, 1.165) is 12.8 Å². The predicted molar refractivity (Wildman–Crippen MR) is 76.9 cm³/mol. The number of ether oxygens (including phenoxy) is 1. The summed E-state index contributed by atoms with van der Waals surface area (Å²) in [5.41, 5.74) is -0.644. The van der Waals surface area contributed by atoms with Crippen molar-refractivity contribution in [3.8, 4) is 0 Å². The van der Waals surface area contributed by atoms with Gasteiger partial charge in [0.15, 0.2) is 9.84 Å². The third-order valence-electron chi connectivity index (χ3n) is 2.59. The molecule has 1 unspecified atom stereocenters. The average Bonchev–Trinajstić information content (AvgIpc) is 2.20. The number of unbranched alkanes of at least 4 members (excludes halogenated alkanes) is 1. The van der Waals surface area contributed by atoms with Crippen molar-refractivity contribution in [2.24, 2.45) is 0 Å². The molecule has 0 aromatic heterocycles. The summed E-state index contributed by atoms with van der Waals surface area (Å²) in [6.07, 6.45) is 2.34. The molecule has 0 saturated carbocycles. The minimum Gasteiger partial charge on any atom is -0.459 e. The molecule has 5 nitrogen and oxygen atoms in total. The highest BCUT2D eigenvalue weighted by molar-refractivity contribution is 7.92. The Bertz CT molecular complexity index is 371. The van der Waals surface area contributed by atoms with Crippen molar-refractivity contribution in [1.29, 1.82) is 0 Å². The van der Waals surface area contributed by atoms with Crippen LogP contribution in [-0.2, 0) is 19.4 Å². The fourth-order valence-electron chi connectivity index (χ4n) is 1.54. The summed E-state index contributed by atoms with van der Waals surface area (Å²) in [4.78, 5) is 11.5. The number of sulfone groups is 1. The molecule has 0 aliphatic heterocycles. The SMILES string of the molecule is CNC(C)CCCCS(=O)(=O)CC(=O)OC(C)(C)C. The van der Waals surface area contributed by atoms with E-state index in [1.54, 1.807) is 20.8 Å². The van der Waals surface area contributed by atoms with E-state index >= 15 is 0 Å². The van der Waals surface area contributed by atoms with Gasteiger partial charge in [0.2, 0.25) is 0 Å². The second kappa shape index (κ2) is 7.85. The quantitative estimate of drug-likeness (QED) is 0.542. The molecule has 0 fully saturated rings. The Hall–Kier alpha value is -0.620. The van der Waals surface area contributed by atoms with Crippen molar-refractivity contribution in [3.63, 3.8) is 0 Å². The zero-order valence-corrected chi connectivity index (χ0v) is 13.5. The van der Waals surface area contributed by atoms with Gasteiger partial charge in [-0.1, -0.05) is 6.42 Å². The number of carbonyl (C=O) groups is 1. The van der Waals surface area contributed by atoms with E-state index in [-0.39, 0.29) is 5.75 Å². The number of hydrogen-bond acceptors (Lipinski definition) is 5. The minimum absolute atomic E-state index is 0.0443. The number of carbonyl (C=O) groups excluding carboxylic acids is 1. The Morgan fingerprint density at radius 1 is 1.26 bits per heavy atom. The number of rotatable bonds is 8. The van der Waals surface area contributed by atoms with Crippen LogP contribution in [0.25, 0.3) is 0 Å². The molecule has 0 heterocycles. The minimum atomic E-state index is -3.35. The molecule has 114 valence electrons. The molecule has 1 N–H and O–H groups in total. The van der Waals surface area contributed by atoms with Gasteiger partial charge in [0.25, 0.3) is 0 Å². The highest BCUT2D eigenvalue weighted by Gasteiger charge is 2.22. The van der Waals surface area contributed by atoms with Crippen LogP contribution in [0, 0.1) is 0 Å². The third kappa shape index (κ3) is 10.9. The molecule has 0 rings (SSSR count). The smallest absolute Gasteiger partial charge is 0.321 e. The molecule has 1 atom stereocenters. The zero-order valence-electron chi connectivity index (χ0n) is 12.7. The van der Waals surface area contributed by atoms with Crippen LogP contribution in [0.5, 0.6) is 0 Å². The Labute approximate surface area is 117 Å². The van der Waals surface area contributed by atoms with Crippen LogP contribution in [0.1, 0.15) is 47.0 Å². The molecule has 0 aromatic carbocycles. The summed E-state index contributed by atoms with van der Waals surface area (Å²) in [6, 6.07) is 0.383. The first kappa shape index (κ1) is 18.4. The van der Waals surface area contributed by atoms with Gasteiger partial charge in [-0.15, -0.1) is 0 Å². The maximum atomic E-state index is 11.7. The van der Waals surface area contributed by atoms with Crippen molar-refractivity contribution in [2.75, 3.05) is 18.6 Å². The van der Waals surface area contributed by atoms with Gasteiger partial charge in [-0.2, -0.15) is 0 Å². The topological polar surface area (TPSA) is 72.5 Å². The van der Waals surface area contributed by atoms with Crippen molar-refractivity contribution in [1.82, 2.24) is 5.32 Å². The first-order valence-corrected chi connectivity index (χ1v) is 8.47. The highest BCUT2D eigenvalue weighted by atomic mass is 32.2. The first-order valence-electron chi connectivity index (χ1n) is 6.65. The standard InChI is InChI=1S/C13H27NO4S/c1-11(14-5)8-6-7-9-19(16,17)10-12(15)18-13(2,3)4/h11,14H,6-10H2,1-5H3. The molecule has 19 heavy (non-hydrogen) atoms. The van der Waals surface area contributed by atoms with Gasteiger partial charge in [-0.05, 0) is 47.6 Å². The van der Waals surface area contributed by atoms with E-state index in [1.807, 2.05) is 7.05 Å². The van der Waals surface area contributed by atoms with Crippen LogP contribution in [0.2, 0.25) is 0 Å². The Kier molecular flexibility index (Phi) is 7.59. The van der Waals surface area contributed by atoms with Gasteiger partial charge in [-0.3, -0.25) is 4.79 Å². The predicted octanol–water partition coefficient (Wildman–Crippen LogP) is 1.52. The normalized spacial score (nSPS) is 14.2. The van der Waals surface area contributed by atoms with Gasteiger partial charge in [0.05, 0.1) is 5.75 Å². The van der Waals surface area contributed by atoms with E-state index in [9.17, 15) is 13.2 Å². The van der Waals surface area contributed by atoms with Gasteiger partial charge < -0.3 is 10.1 Å². The first-order chi connectivity index (χ1) is 8.56. The molecule has 0 bridgehead atoms. The number of hydrogen-bond donors (Lipinski definition) is 1. The Balaban J connectivity index is 4.02. The summed E-state index contributed by atoms with van der Waals surface area (Å²) in [6.45, 7) is 7.21. The summed E-state index contributed by atoms with van der Waals surface area (Å²) in [5, 5.41) is 3.10. The molecule has 0 amide bonds. The van der Waals surface area contributed by atoms with Crippen LogP contribution in [0.3, 0.4) is 0 Å². The summed E-state index contributed by atoms with van der Waals surface area (Å²) in [5.74, 6) is -1.15. The molecule has 0 spiro atoms. The zero-order chi connectivity index (χ0) is 15.1. The lowest BCUT2D eigenvalue weighted by atomic mass is 10.1. The molecule has 0 radical (unpaired) electrons. The maximum Gasteiger partial charge on any atom is 0.321 e. The van der Waals surface area contributed by atoms with Crippen molar-refractivity contribution in [2.45, 2.75) is 58.6 Å². The molecule has 0 aromatic rings. The molecular weight excluding hydrogens is 266 g/mol. The monoisotopic (exact) mass is 293 g/mol. The van der Waals surface area contributed by atoms with Crippen LogP contribution >= 0.6 is 0 Å². The largest absolute Gasteiger partial charge is 0.459 e. The van der Waals surface area contributed by atoms with Crippen LogP contribution in [0.15, 0.2) is 0 Å². The third-order valence-corrected chi connectivity index (χ3v) is 4.18. The van der Waals surface area contributed by atoms with Crippen LogP contribution in [0.4, 0.5) is 0 Å². The van der Waals surface area contributed by atoms with Gasteiger partial charge >= 0.3 is 5.97 Å². The van der Waals surface area contributed by atoms with E-state index in [4.69, 9.17) is 4.74 Å². The number of esters is 1. The lowest BCUT2D eigenvalue weighted by molar-refractivity contribution is -0.151. The Morgan fingerprint density at radius 3 is 2.32 bits per heavy atom. The number of nitrogens with one attached hydrogen (secondary N) is 1. The van der Waals surface area contributed by atoms with Crippen LogP contribution < -0.4 is 5.32 Å². The summed E-state index contributed by atoms with van der Waals surface area (Å²) in [7, 11) is -1.47. The fourth-order valence-corrected chi connectivity index (χ4v) is 2.75. The van der Waals surface area contributed by atoms with Crippen LogP contribution in [-0.4, -0.2) is 44.6 Å². The van der Waals surface area contributed by atoms with E-state index in [1.165, 1.54) is 0 Å². The second-order valence-corrected chi connectivity index (χ2v) is 8.05. The van der Waals surface area contributed by atoms with E-state index in [2.05, 4.69) is 12.2 Å². The van der Waals surface area contributed by atoms with Crippen molar-refractivity contribution < 1.29 is 17.9 Å². The molecule has 6 heteroatoms. The lowest BCUT2D eigenvalue weighted by Crippen LogP contribution is -2.29. The molecule has 0 aliphatic rings. The average molecular weight is 293 g/mol. The second-order valence-electron chi connectivity index (χ2n) is 5.86. The summed E-state index contributed by atoms with van der Waals surface area (Å²) >= 11 is 0. The van der Waals surface area contributed by atoms with Gasteiger partial charge in [-0.25, -0.2) is 8.42 Å². The van der Waals surface area contributed by atoms with E-state index < -0.39 is 27.2 Å². The van der Waals surface area contributed by atoms with Gasteiger partial charge in [0.1, 0.15) is 11.4 Å². The lowest BCUT2D eigenvalue weighted by Gasteiger charge is -2.19. The summed E-state index contributed by atoms with van der Waals surface area (Å²) < 4.78 is 28.5. The van der Waals surface area contributed by atoms with Crippen molar-refractivity contribution in [3.05, 3.63) is 0 Å². The van der Waals surface area contributed by atoms with E-state index in [0.29, 0.717) is 12.5 Å². The highest BCUT2D eigenvalue weighted by Crippen LogP contribution is 2.09. The maximum absolute atomic E-state index is 11.7. The Morgan fingerprint density at radius 2 is 1.84 bits per heavy atom. The van der Waals surface area contributed by atoms with Gasteiger partial charge in [0, 0.05) is 6.04 Å². The van der Waals surface area contributed by atoms with Crippen molar-refractivity contribution >= 4 is 15.8 Å². The molecule has 0 aliphatic carbocycles. The fraction of sp³-hybridized carbons (Fsp3) is 0.923.